The van der Waals surface area contributed by atoms with Gasteiger partial charge in [-0.2, -0.15) is 4.98 Å². The van der Waals surface area contributed by atoms with Crippen molar-refractivity contribution in [3.05, 3.63) is 70.8 Å². The van der Waals surface area contributed by atoms with Crippen LogP contribution >= 0.6 is 0 Å². The summed E-state index contributed by atoms with van der Waals surface area (Å²) in [6.45, 7) is 4.32. The molecule has 0 unspecified atom stereocenters. The maximum Gasteiger partial charge on any atom is 0.241 e. The van der Waals surface area contributed by atoms with Gasteiger partial charge < -0.3 is 11.1 Å². The Balaban J connectivity index is 1.74. The fraction of sp³-hybridized carbons (Fsp3) is 0.300. The van der Waals surface area contributed by atoms with E-state index in [1.165, 1.54) is 22.3 Å². The Kier molecular flexibility index (Phi) is 3.92. The summed E-state index contributed by atoms with van der Waals surface area (Å²) in [7, 11) is 0. The monoisotopic (exact) mass is 333 g/mol. The fourth-order valence-electron chi connectivity index (χ4n) is 3.62. The Labute approximate surface area is 147 Å². The van der Waals surface area contributed by atoms with Crippen molar-refractivity contribution >= 4 is 11.9 Å². The van der Waals surface area contributed by atoms with E-state index in [2.05, 4.69) is 77.8 Å². The van der Waals surface area contributed by atoms with E-state index in [1.54, 1.807) is 0 Å². The standard InChI is InChI=1S/C20H23N5/c1-3-14-8-10-15(11-9-14)17-12-18(16-7-5-4-6-13(16)2)25-20(22-17)23-19(21)24-25/h4-11,17-18H,3,12H2,1-2H3,(H3,21,22,23,24)/t17-,18+/m0/s1. The van der Waals surface area contributed by atoms with Crippen molar-refractivity contribution in [1.29, 1.82) is 0 Å². The quantitative estimate of drug-likeness (QED) is 0.763. The van der Waals surface area contributed by atoms with E-state index in [1.807, 2.05) is 4.68 Å². The van der Waals surface area contributed by atoms with Crippen molar-refractivity contribution in [2.45, 2.75) is 38.8 Å². The average Bonchev–Trinajstić information content (AvgIpc) is 3.01. The molecule has 1 aromatic heterocycles. The second-order valence-corrected chi connectivity index (χ2v) is 6.64. The molecule has 3 aromatic rings. The molecule has 0 bridgehead atoms. The number of aromatic nitrogens is 3. The van der Waals surface area contributed by atoms with Gasteiger partial charge in [-0.15, -0.1) is 5.10 Å². The van der Waals surface area contributed by atoms with E-state index >= 15 is 0 Å². The van der Waals surface area contributed by atoms with Crippen LogP contribution in [0.2, 0.25) is 0 Å². The molecule has 0 amide bonds. The van der Waals surface area contributed by atoms with Crippen LogP contribution in [0, 0.1) is 6.92 Å². The van der Waals surface area contributed by atoms with Crippen molar-refractivity contribution in [2.75, 3.05) is 11.1 Å². The highest BCUT2D eigenvalue weighted by molar-refractivity contribution is 5.43. The molecule has 3 N–H and O–H groups in total. The Morgan fingerprint density at radius 2 is 1.92 bits per heavy atom. The normalized spacial score (nSPS) is 19.3. The van der Waals surface area contributed by atoms with Crippen LogP contribution in [-0.4, -0.2) is 14.8 Å². The van der Waals surface area contributed by atoms with E-state index in [-0.39, 0.29) is 12.1 Å². The number of hydrogen-bond donors (Lipinski definition) is 2. The zero-order chi connectivity index (χ0) is 17.4. The van der Waals surface area contributed by atoms with Gasteiger partial charge >= 0.3 is 0 Å². The lowest BCUT2D eigenvalue weighted by Gasteiger charge is -2.32. The van der Waals surface area contributed by atoms with Gasteiger partial charge in [-0.05, 0) is 42.0 Å². The highest BCUT2D eigenvalue weighted by atomic mass is 15.4. The Bertz CT molecular complexity index is 881. The smallest absolute Gasteiger partial charge is 0.241 e. The van der Waals surface area contributed by atoms with Gasteiger partial charge in [0.1, 0.15) is 0 Å². The molecule has 1 aliphatic heterocycles. The number of nitrogens with one attached hydrogen (secondary N) is 1. The summed E-state index contributed by atoms with van der Waals surface area (Å²) in [5, 5.41) is 7.93. The number of rotatable bonds is 3. The Morgan fingerprint density at radius 3 is 2.64 bits per heavy atom. The van der Waals surface area contributed by atoms with Crippen LogP contribution in [0.3, 0.4) is 0 Å². The molecule has 0 fully saturated rings. The molecule has 2 heterocycles. The Morgan fingerprint density at radius 1 is 1.16 bits per heavy atom. The van der Waals surface area contributed by atoms with E-state index < -0.39 is 0 Å². The van der Waals surface area contributed by atoms with Crippen molar-refractivity contribution < 1.29 is 0 Å². The second kappa shape index (κ2) is 6.24. The molecular weight excluding hydrogens is 310 g/mol. The zero-order valence-electron chi connectivity index (χ0n) is 14.6. The lowest BCUT2D eigenvalue weighted by atomic mass is 9.91. The first-order valence-electron chi connectivity index (χ1n) is 8.78. The van der Waals surface area contributed by atoms with Gasteiger partial charge in [-0.3, -0.25) is 0 Å². The first-order chi connectivity index (χ1) is 12.2. The highest BCUT2D eigenvalue weighted by Crippen LogP contribution is 2.38. The van der Waals surface area contributed by atoms with Gasteiger partial charge in [0.15, 0.2) is 0 Å². The number of nitrogen functional groups attached to an aromatic ring is 1. The number of benzene rings is 2. The first-order valence-corrected chi connectivity index (χ1v) is 8.78. The predicted octanol–water partition coefficient (Wildman–Crippen LogP) is 3.88. The van der Waals surface area contributed by atoms with Crippen LogP contribution in [0.25, 0.3) is 0 Å². The first kappa shape index (κ1) is 15.7. The van der Waals surface area contributed by atoms with Crippen LogP contribution in [0.5, 0.6) is 0 Å². The largest absolute Gasteiger partial charge is 0.366 e. The molecule has 2 atom stereocenters. The van der Waals surface area contributed by atoms with Crippen molar-refractivity contribution in [3.63, 3.8) is 0 Å². The number of fused-ring (bicyclic) bond motifs is 1. The summed E-state index contributed by atoms with van der Waals surface area (Å²) in [5.41, 5.74) is 11.0. The summed E-state index contributed by atoms with van der Waals surface area (Å²) in [6.07, 6.45) is 1.96. The minimum Gasteiger partial charge on any atom is -0.366 e. The highest BCUT2D eigenvalue weighted by Gasteiger charge is 2.31. The summed E-state index contributed by atoms with van der Waals surface area (Å²) in [4.78, 5) is 4.38. The van der Waals surface area contributed by atoms with Crippen molar-refractivity contribution in [1.82, 2.24) is 14.8 Å². The third kappa shape index (κ3) is 2.86. The van der Waals surface area contributed by atoms with Gasteiger partial charge in [0.05, 0.1) is 12.1 Å². The number of anilines is 2. The molecular formula is C20H23N5. The second-order valence-electron chi connectivity index (χ2n) is 6.64. The lowest BCUT2D eigenvalue weighted by Crippen LogP contribution is -2.28. The molecule has 5 nitrogen and oxygen atoms in total. The third-order valence-electron chi connectivity index (χ3n) is 5.04. The molecule has 0 aliphatic carbocycles. The molecule has 128 valence electrons. The van der Waals surface area contributed by atoms with Gasteiger partial charge in [-0.25, -0.2) is 4.68 Å². The summed E-state index contributed by atoms with van der Waals surface area (Å²) in [6, 6.07) is 17.6. The van der Waals surface area contributed by atoms with E-state index in [9.17, 15) is 0 Å². The third-order valence-corrected chi connectivity index (χ3v) is 5.04. The maximum atomic E-state index is 5.88. The summed E-state index contributed by atoms with van der Waals surface area (Å²) < 4.78 is 1.93. The molecule has 0 spiro atoms. The van der Waals surface area contributed by atoms with Gasteiger partial charge in [0.2, 0.25) is 11.9 Å². The number of aryl methyl sites for hydroxylation is 2. The van der Waals surface area contributed by atoms with Crippen LogP contribution in [0.15, 0.2) is 48.5 Å². The Hall–Kier alpha value is -2.82. The summed E-state index contributed by atoms with van der Waals surface area (Å²) >= 11 is 0. The van der Waals surface area contributed by atoms with Crippen LogP contribution in [-0.2, 0) is 6.42 Å². The zero-order valence-corrected chi connectivity index (χ0v) is 14.6. The van der Waals surface area contributed by atoms with E-state index in [4.69, 9.17) is 5.73 Å². The molecule has 0 saturated carbocycles. The van der Waals surface area contributed by atoms with E-state index in [0.29, 0.717) is 5.95 Å². The van der Waals surface area contributed by atoms with Crippen molar-refractivity contribution in [2.24, 2.45) is 0 Å². The van der Waals surface area contributed by atoms with Gasteiger partial charge in [-0.1, -0.05) is 55.5 Å². The summed E-state index contributed by atoms with van der Waals surface area (Å²) in [5.74, 6) is 1.05. The molecule has 25 heavy (non-hydrogen) atoms. The van der Waals surface area contributed by atoms with Crippen LogP contribution in [0.4, 0.5) is 11.9 Å². The minimum absolute atomic E-state index is 0.123. The molecule has 4 rings (SSSR count). The SMILES string of the molecule is CCc1ccc([C@@H]2C[C@H](c3ccccc3C)n3nc(N)nc3N2)cc1. The number of nitrogens with two attached hydrogens (primary N) is 1. The molecule has 1 aliphatic rings. The average molecular weight is 333 g/mol. The number of nitrogens with zero attached hydrogens (tertiary/aromatic N) is 3. The van der Waals surface area contributed by atoms with Gasteiger partial charge in [0, 0.05) is 0 Å². The topological polar surface area (TPSA) is 68.8 Å². The minimum atomic E-state index is 0.123. The molecule has 0 radical (unpaired) electrons. The van der Waals surface area contributed by atoms with Crippen molar-refractivity contribution in [3.8, 4) is 0 Å². The maximum absolute atomic E-state index is 5.88. The predicted molar refractivity (Wildman–Crippen MR) is 101 cm³/mol. The number of hydrogen-bond acceptors (Lipinski definition) is 4. The molecule has 5 heteroatoms. The van der Waals surface area contributed by atoms with Gasteiger partial charge in [0.25, 0.3) is 0 Å². The van der Waals surface area contributed by atoms with Crippen LogP contribution in [0.1, 0.15) is 47.7 Å². The van der Waals surface area contributed by atoms with E-state index in [0.717, 1.165) is 18.8 Å². The lowest BCUT2D eigenvalue weighted by molar-refractivity contribution is 0.430. The molecule has 2 aromatic carbocycles. The fourth-order valence-corrected chi connectivity index (χ4v) is 3.62. The molecule has 0 saturated heterocycles. The van der Waals surface area contributed by atoms with Crippen LogP contribution < -0.4 is 11.1 Å².